The molecule has 0 spiro atoms. The average molecular weight is 241 g/mol. The van der Waals surface area contributed by atoms with E-state index in [9.17, 15) is 4.79 Å². The summed E-state index contributed by atoms with van der Waals surface area (Å²) in [7, 11) is 2.14. The zero-order valence-corrected chi connectivity index (χ0v) is 11.6. The van der Waals surface area contributed by atoms with Crippen molar-refractivity contribution in [1.29, 1.82) is 0 Å². The summed E-state index contributed by atoms with van der Waals surface area (Å²) in [5.74, 6) is 0.306. The van der Waals surface area contributed by atoms with E-state index in [-0.39, 0.29) is 17.9 Å². The van der Waals surface area contributed by atoms with E-state index in [2.05, 4.69) is 11.9 Å². The predicted molar refractivity (Wildman–Crippen MR) is 70.7 cm³/mol. The van der Waals surface area contributed by atoms with Crippen LogP contribution in [0.5, 0.6) is 0 Å². The van der Waals surface area contributed by atoms with E-state index < -0.39 is 0 Å². The van der Waals surface area contributed by atoms with Crippen molar-refractivity contribution >= 4 is 5.91 Å². The molecule has 1 aliphatic rings. The summed E-state index contributed by atoms with van der Waals surface area (Å²) in [6.07, 6.45) is 2.43. The smallest absolute Gasteiger partial charge is 0.239 e. The SMILES string of the molecule is CCN(CC1CCCN1C)C(=O)C(N)C(C)C. The predicted octanol–water partition coefficient (Wildman–Crippen LogP) is 0.912. The molecule has 1 heterocycles. The van der Waals surface area contributed by atoms with Crippen molar-refractivity contribution in [3.8, 4) is 0 Å². The molecule has 0 aromatic carbocycles. The normalized spacial score (nSPS) is 23.1. The van der Waals surface area contributed by atoms with Gasteiger partial charge in [0.25, 0.3) is 0 Å². The van der Waals surface area contributed by atoms with Gasteiger partial charge in [0.2, 0.25) is 5.91 Å². The molecule has 0 aromatic rings. The first-order valence-electron chi connectivity index (χ1n) is 6.72. The standard InChI is InChI=1S/C13H27N3O/c1-5-16(13(17)12(14)10(2)3)9-11-7-6-8-15(11)4/h10-12H,5-9,14H2,1-4H3. The van der Waals surface area contributed by atoms with Gasteiger partial charge in [-0.25, -0.2) is 0 Å². The minimum atomic E-state index is -0.360. The number of amides is 1. The molecule has 1 fully saturated rings. The fourth-order valence-electron chi connectivity index (χ4n) is 2.34. The molecular weight excluding hydrogens is 214 g/mol. The quantitative estimate of drug-likeness (QED) is 0.778. The van der Waals surface area contributed by atoms with E-state index in [1.54, 1.807) is 0 Å². The topological polar surface area (TPSA) is 49.6 Å². The molecule has 2 N–H and O–H groups in total. The van der Waals surface area contributed by atoms with Crippen LogP contribution in [0.2, 0.25) is 0 Å². The van der Waals surface area contributed by atoms with Gasteiger partial charge in [-0.3, -0.25) is 4.79 Å². The van der Waals surface area contributed by atoms with Crippen molar-refractivity contribution in [3.05, 3.63) is 0 Å². The summed E-state index contributed by atoms with van der Waals surface area (Å²) in [6, 6.07) is 0.153. The van der Waals surface area contributed by atoms with Crippen molar-refractivity contribution in [2.24, 2.45) is 11.7 Å². The Kier molecular flexibility index (Phi) is 5.40. The minimum absolute atomic E-state index is 0.0998. The maximum atomic E-state index is 12.2. The highest BCUT2D eigenvalue weighted by molar-refractivity contribution is 5.81. The number of hydrogen-bond donors (Lipinski definition) is 1. The van der Waals surface area contributed by atoms with Crippen LogP contribution in [0.25, 0.3) is 0 Å². The highest BCUT2D eigenvalue weighted by atomic mass is 16.2. The lowest BCUT2D eigenvalue weighted by atomic mass is 10.0. The Bertz CT molecular complexity index is 255. The molecule has 0 radical (unpaired) electrons. The van der Waals surface area contributed by atoms with E-state index >= 15 is 0 Å². The molecule has 2 atom stereocenters. The number of nitrogens with two attached hydrogens (primary N) is 1. The van der Waals surface area contributed by atoms with Crippen LogP contribution in [0.15, 0.2) is 0 Å². The molecule has 0 bridgehead atoms. The molecule has 1 rings (SSSR count). The number of likely N-dealkylation sites (N-methyl/N-ethyl adjacent to an activating group) is 2. The molecule has 1 aliphatic heterocycles. The number of carbonyl (C=O) groups excluding carboxylic acids is 1. The molecular formula is C13H27N3O. The number of rotatable bonds is 5. The van der Waals surface area contributed by atoms with Crippen molar-refractivity contribution in [1.82, 2.24) is 9.80 Å². The highest BCUT2D eigenvalue weighted by Crippen LogP contribution is 2.16. The van der Waals surface area contributed by atoms with Crippen LogP contribution < -0.4 is 5.73 Å². The Morgan fingerprint density at radius 3 is 2.59 bits per heavy atom. The molecule has 4 heteroatoms. The first-order valence-corrected chi connectivity index (χ1v) is 6.72. The lowest BCUT2D eigenvalue weighted by Crippen LogP contribution is -2.50. The van der Waals surface area contributed by atoms with Gasteiger partial charge in [-0.05, 0) is 39.3 Å². The van der Waals surface area contributed by atoms with E-state index in [0.717, 1.165) is 19.6 Å². The third-order valence-corrected chi connectivity index (χ3v) is 3.80. The van der Waals surface area contributed by atoms with Gasteiger partial charge in [0, 0.05) is 19.1 Å². The van der Waals surface area contributed by atoms with Crippen molar-refractivity contribution in [2.75, 3.05) is 26.7 Å². The molecule has 2 unspecified atom stereocenters. The second kappa shape index (κ2) is 6.36. The number of likely N-dealkylation sites (tertiary alicyclic amines) is 1. The van der Waals surface area contributed by atoms with Crippen molar-refractivity contribution in [2.45, 2.75) is 45.7 Å². The average Bonchev–Trinajstić information content (AvgIpc) is 2.69. The lowest BCUT2D eigenvalue weighted by Gasteiger charge is -2.30. The van der Waals surface area contributed by atoms with Gasteiger partial charge in [0.15, 0.2) is 0 Å². The first kappa shape index (κ1) is 14.5. The zero-order valence-electron chi connectivity index (χ0n) is 11.6. The van der Waals surface area contributed by atoms with Gasteiger partial charge < -0.3 is 15.5 Å². The second-order valence-electron chi connectivity index (χ2n) is 5.42. The lowest BCUT2D eigenvalue weighted by molar-refractivity contribution is -0.134. The minimum Gasteiger partial charge on any atom is -0.340 e. The molecule has 1 saturated heterocycles. The molecule has 0 aromatic heterocycles. The van der Waals surface area contributed by atoms with Crippen molar-refractivity contribution in [3.63, 3.8) is 0 Å². The number of carbonyl (C=O) groups is 1. The summed E-state index contributed by atoms with van der Waals surface area (Å²) in [5.41, 5.74) is 5.94. The number of nitrogens with zero attached hydrogens (tertiary/aromatic N) is 2. The number of hydrogen-bond acceptors (Lipinski definition) is 3. The molecule has 1 amide bonds. The van der Waals surface area contributed by atoms with Crippen LogP contribution in [0.1, 0.15) is 33.6 Å². The van der Waals surface area contributed by atoms with Crippen LogP contribution >= 0.6 is 0 Å². The second-order valence-corrected chi connectivity index (χ2v) is 5.42. The first-order chi connectivity index (χ1) is 7.97. The third-order valence-electron chi connectivity index (χ3n) is 3.80. The van der Waals surface area contributed by atoms with E-state index in [4.69, 9.17) is 5.73 Å². The Morgan fingerprint density at radius 2 is 2.18 bits per heavy atom. The Morgan fingerprint density at radius 1 is 1.53 bits per heavy atom. The fraction of sp³-hybridized carbons (Fsp3) is 0.923. The Balaban J connectivity index is 2.55. The van der Waals surface area contributed by atoms with Crippen LogP contribution in [-0.2, 0) is 4.79 Å². The summed E-state index contributed by atoms with van der Waals surface area (Å²) in [4.78, 5) is 16.5. The maximum Gasteiger partial charge on any atom is 0.239 e. The largest absolute Gasteiger partial charge is 0.340 e. The fourth-order valence-corrected chi connectivity index (χ4v) is 2.34. The van der Waals surface area contributed by atoms with Crippen LogP contribution in [0.3, 0.4) is 0 Å². The van der Waals surface area contributed by atoms with Gasteiger partial charge in [-0.15, -0.1) is 0 Å². The van der Waals surface area contributed by atoms with Gasteiger partial charge in [0.05, 0.1) is 6.04 Å². The highest BCUT2D eigenvalue weighted by Gasteiger charge is 2.28. The monoisotopic (exact) mass is 241 g/mol. The summed E-state index contributed by atoms with van der Waals surface area (Å²) in [5, 5.41) is 0. The molecule has 100 valence electrons. The Hall–Kier alpha value is -0.610. The van der Waals surface area contributed by atoms with E-state index in [1.807, 2.05) is 25.7 Å². The molecule has 0 saturated carbocycles. The summed E-state index contributed by atoms with van der Waals surface area (Å²) >= 11 is 0. The van der Waals surface area contributed by atoms with Crippen molar-refractivity contribution < 1.29 is 4.79 Å². The van der Waals surface area contributed by atoms with E-state index in [0.29, 0.717) is 6.04 Å². The summed E-state index contributed by atoms with van der Waals surface area (Å²) < 4.78 is 0. The van der Waals surface area contributed by atoms with Gasteiger partial charge in [-0.2, -0.15) is 0 Å². The maximum absolute atomic E-state index is 12.2. The molecule has 4 nitrogen and oxygen atoms in total. The van der Waals surface area contributed by atoms with Gasteiger partial charge >= 0.3 is 0 Å². The molecule has 17 heavy (non-hydrogen) atoms. The van der Waals surface area contributed by atoms with Gasteiger partial charge in [0.1, 0.15) is 0 Å². The van der Waals surface area contributed by atoms with Crippen LogP contribution in [0.4, 0.5) is 0 Å². The van der Waals surface area contributed by atoms with Crippen LogP contribution in [0, 0.1) is 5.92 Å². The van der Waals surface area contributed by atoms with E-state index in [1.165, 1.54) is 12.8 Å². The molecule has 0 aliphatic carbocycles. The van der Waals surface area contributed by atoms with Gasteiger partial charge in [-0.1, -0.05) is 13.8 Å². The summed E-state index contributed by atoms with van der Waals surface area (Å²) in [6.45, 7) is 8.75. The van der Waals surface area contributed by atoms with Crippen LogP contribution in [-0.4, -0.2) is 54.5 Å². The third kappa shape index (κ3) is 3.68. The zero-order chi connectivity index (χ0) is 13.0. The Labute approximate surface area is 105 Å².